The zero-order valence-corrected chi connectivity index (χ0v) is 30.1. The summed E-state index contributed by atoms with van der Waals surface area (Å²) in [6.07, 6.45) is 10.8. The van der Waals surface area contributed by atoms with Crippen molar-refractivity contribution < 1.29 is 4.74 Å². The van der Waals surface area contributed by atoms with Gasteiger partial charge in [0.15, 0.2) is 5.84 Å². The highest BCUT2D eigenvalue weighted by Crippen LogP contribution is 2.61. The number of hydrogen-bond acceptors (Lipinski definition) is 5. The lowest BCUT2D eigenvalue weighted by Gasteiger charge is -2.61. The second-order valence-electron chi connectivity index (χ2n) is 14.8. The SMILES string of the molecule is C=C(CC)CC1(C(=C)/C(C)=C\C=C(/C)OCC)CCN(CC2CC2)C(C)C1(C)CC(=C)NC(C)(C)C1=NC(c2ccccc2)=NC1. The summed E-state index contributed by atoms with van der Waals surface area (Å²) in [4.78, 5) is 12.5. The van der Waals surface area contributed by atoms with Crippen LogP contribution in [-0.4, -0.2) is 54.3 Å². The van der Waals surface area contributed by atoms with Crippen molar-refractivity contribution in [2.45, 2.75) is 105 Å². The minimum Gasteiger partial charge on any atom is -0.499 e. The smallest absolute Gasteiger partial charge is 0.155 e. The number of nitrogens with one attached hydrogen (secondary N) is 1. The maximum absolute atomic E-state index is 5.74. The summed E-state index contributed by atoms with van der Waals surface area (Å²) >= 11 is 0. The molecule has 1 saturated carbocycles. The zero-order valence-electron chi connectivity index (χ0n) is 30.1. The highest BCUT2D eigenvalue weighted by molar-refractivity contribution is 6.14. The molecular weight excluding hydrogens is 564 g/mol. The number of rotatable bonds is 16. The van der Waals surface area contributed by atoms with E-state index in [0.29, 0.717) is 19.2 Å². The predicted molar refractivity (Wildman–Crippen MR) is 197 cm³/mol. The van der Waals surface area contributed by atoms with Crippen LogP contribution >= 0.6 is 0 Å². The van der Waals surface area contributed by atoms with Crippen molar-refractivity contribution >= 4 is 11.5 Å². The zero-order chi connectivity index (χ0) is 33.7. The van der Waals surface area contributed by atoms with E-state index in [1.807, 2.05) is 32.0 Å². The van der Waals surface area contributed by atoms with Crippen molar-refractivity contribution in [2.24, 2.45) is 26.7 Å². The number of benzene rings is 1. The van der Waals surface area contributed by atoms with E-state index in [1.54, 1.807) is 0 Å². The van der Waals surface area contributed by atoms with E-state index in [2.05, 4.69) is 82.6 Å². The Hall–Kier alpha value is -3.18. The highest BCUT2D eigenvalue weighted by Gasteiger charge is 2.57. The van der Waals surface area contributed by atoms with Crippen LogP contribution in [0.15, 0.2) is 100 Å². The lowest BCUT2D eigenvalue weighted by atomic mass is 9.49. The number of ether oxygens (including phenoxy) is 1. The molecule has 1 saturated heterocycles. The molecule has 0 bridgehead atoms. The predicted octanol–water partition coefficient (Wildman–Crippen LogP) is 9.46. The summed E-state index contributed by atoms with van der Waals surface area (Å²) in [5, 5.41) is 3.85. The minimum absolute atomic E-state index is 0.146. The third-order valence-electron chi connectivity index (χ3n) is 11.1. The fraction of sp³-hybridized carbons (Fsp3) is 0.561. The van der Waals surface area contributed by atoms with Gasteiger partial charge in [0, 0.05) is 29.3 Å². The number of amidine groups is 1. The molecule has 3 unspecified atom stereocenters. The van der Waals surface area contributed by atoms with Crippen molar-refractivity contribution in [3.63, 3.8) is 0 Å². The Kier molecular flexibility index (Phi) is 11.4. The Balaban J connectivity index is 1.67. The van der Waals surface area contributed by atoms with Gasteiger partial charge in [-0.2, -0.15) is 0 Å². The van der Waals surface area contributed by atoms with Crippen molar-refractivity contribution in [1.29, 1.82) is 0 Å². The first-order valence-corrected chi connectivity index (χ1v) is 17.5. The van der Waals surface area contributed by atoms with Gasteiger partial charge in [0.05, 0.1) is 30.2 Å². The molecular formula is C41H60N4O. The monoisotopic (exact) mass is 624 g/mol. The number of nitrogens with zero attached hydrogens (tertiary/aromatic N) is 3. The van der Waals surface area contributed by atoms with Gasteiger partial charge in [-0.1, -0.05) is 75.6 Å². The van der Waals surface area contributed by atoms with Crippen LogP contribution in [0.2, 0.25) is 0 Å². The summed E-state index contributed by atoms with van der Waals surface area (Å²) in [6, 6.07) is 10.6. The Morgan fingerprint density at radius 3 is 2.41 bits per heavy atom. The largest absolute Gasteiger partial charge is 0.499 e. The first kappa shape index (κ1) is 35.7. The maximum Gasteiger partial charge on any atom is 0.155 e. The number of aliphatic imine (C=N–C) groups is 2. The van der Waals surface area contributed by atoms with Crippen LogP contribution in [-0.2, 0) is 4.74 Å². The molecule has 4 rings (SSSR count). The average Bonchev–Trinajstić information content (AvgIpc) is 3.69. The summed E-state index contributed by atoms with van der Waals surface area (Å²) in [5.41, 5.74) is 6.14. The van der Waals surface area contributed by atoms with E-state index < -0.39 is 0 Å². The summed E-state index contributed by atoms with van der Waals surface area (Å²) in [7, 11) is 0. The Bertz CT molecular complexity index is 1410. The van der Waals surface area contributed by atoms with Crippen molar-refractivity contribution in [3.05, 3.63) is 96.0 Å². The second kappa shape index (κ2) is 14.7. The van der Waals surface area contributed by atoms with Crippen LogP contribution in [0.3, 0.4) is 0 Å². The second-order valence-corrected chi connectivity index (χ2v) is 14.8. The molecule has 3 atom stereocenters. The third kappa shape index (κ3) is 7.85. The van der Waals surface area contributed by atoms with Gasteiger partial charge >= 0.3 is 0 Å². The quantitative estimate of drug-likeness (QED) is 0.113. The molecule has 250 valence electrons. The standard InChI is InChI=1S/C41H60N4O/c1-12-29(3)25-41(33(7)30(4)19-20-32(6)46-13-2)23-24-45(28-35-21-22-35)34(8)40(41,11)26-31(5)44-39(9,10)37-27-42-38(43-37)36-17-15-14-16-18-36/h14-20,34-35,44H,3,5,7,12-13,21-28H2,1-2,4,6,8-11H3/b30-19-,32-20+. The summed E-state index contributed by atoms with van der Waals surface area (Å²) in [6.45, 7) is 35.5. The molecule has 5 nitrogen and oxygen atoms in total. The van der Waals surface area contributed by atoms with Gasteiger partial charge in [-0.3, -0.25) is 9.89 Å². The molecule has 0 radical (unpaired) electrons. The van der Waals surface area contributed by atoms with E-state index >= 15 is 0 Å². The Morgan fingerprint density at radius 1 is 1.09 bits per heavy atom. The van der Waals surface area contributed by atoms with E-state index in [4.69, 9.17) is 27.9 Å². The van der Waals surface area contributed by atoms with Gasteiger partial charge in [-0.15, -0.1) is 0 Å². The third-order valence-corrected chi connectivity index (χ3v) is 11.1. The first-order valence-electron chi connectivity index (χ1n) is 17.5. The molecule has 3 aliphatic rings. The lowest BCUT2D eigenvalue weighted by Crippen LogP contribution is -2.61. The molecule has 0 aromatic heterocycles. The van der Waals surface area contributed by atoms with E-state index in [-0.39, 0.29) is 16.4 Å². The van der Waals surface area contributed by atoms with E-state index in [0.717, 1.165) is 66.7 Å². The first-order chi connectivity index (χ1) is 21.8. The van der Waals surface area contributed by atoms with E-state index in [1.165, 1.54) is 36.1 Å². The van der Waals surface area contributed by atoms with Crippen molar-refractivity contribution in [1.82, 2.24) is 10.2 Å². The normalized spacial score (nSPS) is 26.0. The summed E-state index contributed by atoms with van der Waals surface area (Å²) in [5.74, 6) is 2.57. The number of piperidine rings is 1. The van der Waals surface area contributed by atoms with E-state index in [9.17, 15) is 0 Å². The van der Waals surface area contributed by atoms with Crippen molar-refractivity contribution in [3.8, 4) is 0 Å². The molecule has 1 aromatic carbocycles. The summed E-state index contributed by atoms with van der Waals surface area (Å²) < 4.78 is 5.74. The molecule has 1 aromatic rings. The van der Waals surface area contributed by atoms with Gasteiger partial charge in [0.25, 0.3) is 0 Å². The number of allylic oxidation sites excluding steroid dienone is 7. The molecule has 1 aliphatic carbocycles. The Morgan fingerprint density at radius 2 is 1.78 bits per heavy atom. The average molecular weight is 625 g/mol. The lowest BCUT2D eigenvalue weighted by molar-refractivity contribution is -0.0661. The van der Waals surface area contributed by atoms with Gasteiger partial charge < -0.3 is 10.1 Å². The van der Waals surface area contributed by atoms with Crippen LogP contribution in [0.5, 0.6) is 0 Å². The highest BCUT2D eigenvalue weighted by atomic mass is 16.5. The van der Waals surface area contributed by atoms with Crippen LogP contribution in [0.25, 0.3) is 0 Å². The molecule has 2 fully saturated rings. The van der Waals surface area contributed by atoms with Crippen LogP contribution in [0.1, 0.15) is 99.5 Å². The minimum atomic E-state index is -0.386. The molecule has 5 heteroatoms. The number of likely N-dealkylation sites (tertiary alicyclic amines) is 1. The molecule has 2 heterocycles. The van der Waals surface area contributed by atoms with Crippen LogP contribution in [0, 0.1) is 16.7 Å². The van der Waals surface area contributed by atoms with Crippen molar-refractivity contribution in [2.75, 3.05) is 26.2 Å². The van der Waals surface area contributed by atoms with Gasteiger partial charge in [-0.25, -0.2) is 4.99 Å². The molecule has 1 N–H and O–H groups in total. The Labute approximate surface area is 280 Å². The van der Waals surface area contributed by atoms with Crippen LogP contribution in [0.4, 0.5) is 0 Å². The van der Waals surface area contributed by atoms with Gasteiger partial charge in [0.2, 0.25) is 0 Å². The molecule has 0 amide bonds. The van der Waals surface area contributed by atoms with Gasteiger partial charge in [-0.05, 0) is 115 Å². The maximum atomic E-state index is 5.74. The topological polar surface area (TPSA) is 49.2 Å². The molecule has 0 spiro atoms. The number of hydrogen-bond donors (Lipinski definition) is 1. The van der Waals surface area contributed by atoms with Crippen LogP contribution < -0.4 is 5.32 Å². The molecule has 2 aliphatic heterocycles. The fourth-order valence-corrected chi connectivity index (χ4v) is 7.69. The van der Waals surface area contributed by atoms with Gasteiger partial charge in [0.1, 0.15) is 0 Å². The molecule has 46 heavy (non-hydrogen) atoms. The fourth-order valence-electron chi connectivity index (χ4n) is 7.69.